The molecule has 0 aliphatic heterocycles. The summed E-state index contributed by atoms with van der Waals surface area (Å²) >= 11 is 12.5. The van der Waals surface area contributed by atoms with Gasteiger partial charge in [-0.2, -0.15) is 0 Å². The highest BCUT2D eigenvalue weighted by Gasteiger charge is 2.12. The Morgan fingerprint density at radius 1 is 0.919 bits per heavy atom. The molecule has 0 spiro atoms. The zero-order valence-electron chi connectivity index (χ0n) is 19.6. The van der Waals surface area contributed by atoms with E-state index >= 15 is 0 Å². The number of imidazole rings is 1. The molecule has 0 unspecified atom stereocenters. The summed E-state index contributed by atoms with van der Waals surface area (Å²) in [6, 6.07) is 24.3. The molecule has 7 heteroatoms. The van der Waals surface area contributed by atoms with E-state index in [0.717, 1.165) is 39.3 Å². The third kappa shape index (κ3) is 5.80. The van der Waals surface area contributed by atoms with Crippen molar-refractivity contribution < 1.29 is 9.90 Å². The highest BCUT2D eigenvalue weighted by Crippen LogP contribution is 2.30. The molecule has 1 N–H and O–H groups in total. The first-order valence-corrected chi connectivity index (χ1v) is 12.3. The lowest BCUT2D eigenvalue weighted by atomic mass is 10.1. The number of carboxylic acids is 1. The fourth-order valence-corrected chi connectivity index (χ4v) is 4.46. The van der Waals surface area contributed by atoms with Crippen LogP contribution >= 0.6 is 23.2 Å². The Balaban J connectivity index is 1.46. The summed E-state index contributed by atoms with van der Waals surface area (Å²) in [6.07, 6.45) is 9.50. The van der Waals surface area contributed by atoms with E-state index in [4.69, 9.17) is 28.2 Å². The minimum absolute atomic E-state index is 0.248. The fraction of sp³-hybridized carbons (Fsp3) is 0.0333. The summed E-state index contributed by atoms with van der Waals surface area (Å²) in [4.78, 5) is 20.2. The second-order valence-corrected chi connectivity index (χ2v) is 9.28. The van der Waals surface area contributed by atoms with Gasteiger partial charge in [0.05, 0.1) is 16.3 Å². The lowest BCUT2D eigenvalue weighted by Crippen LogP contribution is -2.02. The van der Waals surface area contributed by atoms with Gasteiger partial charge in [-0.25, -0.2) is 9.78 Å². The quantitative estimate of drug-likeness (QED) is 0.235. The number of halogens is 2. The molecule has 0 radical (unpaired) electrons. The molecule has 0 aliphatic rings. The fourth-order valence-electron chi connectivity index (χ4n) is 3.96. The number of hydrogen-bond donors (Lipinski definition) is 1. The molecule has 2 aromatic heterocycles. The summed E-state index contributed by atoms with van der Waals surface area (Å²) in [5.74, 6) is -0.216. The van der Waals surface area contributed by atoms with Crippen molar-refractivity contribution in [2.24, 2.45) is 0 Å². The van der Waals surface area contributed by atoms with Gasteiger partial charge in [0, 0.05) is 35.7 Å². The molecule has 0 saturated carbocycles. The van der Waals surface area contributed by atoms with Crippen LogP contribution in [0, 0.1) is 0 Å². The Morgan fingerprint density at radius 3 is 2.38 bits per heavy atom. The van der Waals surface area contributed by atoms with Crippen LogP contribution in [0.25, 0.3) is 34.5 Å². The van der Waals surface area contributed by atoms with E-state index in [0.29, 0.717) is 16.6 Å². The molecule has 37 heavy (non-hydrogen) atoms. The molecule has 0 aliphatic carbocycles. The molecule has 2 heterocycles. The van der Waals surface area contributed by atoms with Gasteiger partial charge < -0.3 is 9.67 Å². The number of pyridine rings is 1. The lowest BCUT2D eigenvalue weighted by Gasteiger charge is -2.06. The van der Waals surface area contributed by atoms with E-state index in [2.05, 4.69) is 17.1 Å². The lowest BCUT2D eigenvalue weighted by molar-refractivity contribution is 0.0697. The Bertz CT molecular complexity index is 1580. The van der Waals surface area contributed by atoms with Crippen LogP contribution in [-0.2, 0) is 6.54 Å². The Kier molecular flexibility index (Phi) is 7.17. The number of benzene rings is 3. The van der Waals surface area contributed by atoms with E-state index in [9.17, 15) is 9.90 Å². The van der Waals surface area contributed by atoms with Crippen LogP contribution in [-0.4, -0.2) is 25.6 Å². The molecule has 0 fully saturated rings. The van der Waals surface area contributed by atoms with Crippen molar-refractivity contribution in [2.45, 2.75) is 6.54 Å². The van der Waals surface area contributed by atoms with Crippen molar-refractivity contribution in [3.63, 3.8) is 0 Å². The number of hydrogen-bond acceptors (Lipinski definition) is 3. The number of aromatic nitrogens is 3. The smallest absolute Gasteiger partial charge is 0.335 e. The van der Waals surface area contributed by atoms with Crippen molar-refractivity contribution >= 4 is 41.3 Å². The maximum Gasteiger partial charge on any atom is 0.335 e. The molecule has 182 valence electrons. The Labute approximate surface area is 224 Å². The first-order valence-electron chi connectivity index (χ1n) is 11.5. The maximum absolute atomic E-state index is 11.2. The average molecular weight is 526 g/mol. The minimum Gasteiger partial charge on any atom is -0.478 e. The van der Waals surface area contributed by atoms with Crippen LogP contribution in [0.1, 0.15) is 27.3 Å². The van der Waals surface area contributed by atoms with E-state index < -0.39 is 5.97 Å². The van der Waals surface area contributed by atoms with Crippen LogP contribution in [0.15, 0.2) is 97.5 Å². The number of carbonyl (C=O) groups is 1. The van der Waals surface area contributed by atoms with Gasteiger partial charge in [0.25, 0.3) is 0 Å². The van der Waals surface area contributed by atoms with Gasteiger partial charge in [-0.3, -0.25) is 4.98 Å². The molecular weight excluding hydrogens is 505 g/mol. The van der Waals surface area contributed by atoms with Crippen molar-refractivity contribution in [3.8, 4) is 22.4 Å². The van der Waals surface area contributed by atoms with Gasteiger partial charge in [0.2, 0.25) is 0 Å². The third-order valence-electron chi connectivity index (χ3n) is 5.90. The second kappa shape index (κ2) is 10.8. The van der Waals surface area contributed by atoms with Gasteiger partial charge in [-0.05, 0) is 64.7 Å². The van der Waals surface area contributed by atoms with Crippen molar-refractivity contribution in [3.05, 3.63) is 130 Å². The van der Waals surface area contributed by atoms with Crippen LogP contribution in [0.3, 0.4) is 0 Å². The Morgan fingerprint density at radius 2 is 1.70 bits per heavy atom. The van der Waals surface area contributed by atoms with E-state index in [1.807, 2.05) is 71.6 Å². The maximum atomic E-state index is 11.2. The highest BCUT2D eigenvalue weighted by molar-refractivity contribution is 6.36. The standard InChI is InChI=1S/C30H21Cl2N3O2/c31-25-12-13-26(27(32)16-25)28-19-35(18-21-5-10-23(11-6-21)30(36)37)29(34-28)14-7-20-3-8-22(9-4-20)24-2-1-15-33-17-24/h1-17,19H,18H2,(H,36,37). The average Bonchev–Trinajstić information content (AvgIpc) is 3.30. The number of rotatable bonds is 7. The summed E-state index contributed by atoms with van der Waals surface area (Å²) in [5, 5.41) is 10.3. The first kappa shape index (κ1) is 24.5. The van der Waals surface area contributed by atoms with Gasteiger partial charge in [-0.1, -0.05) is 71.7 Å². The monoisotopic (exact) mass is 525 g/mol. The molecule has 3 aromatic carbocycles. The summed E-state index contributed by atoms with van der Waals surface area (Å²) < 4.78 is 2.01. The van der Waals surface area contributed by atoms with Gasteiger partial charge in [-0.15, -0.1) is 0 Å². The largest absolute Gasteiger partial charge is 0.478 e. The zero-order chi connectivity index (χ0) is 25.8. The molecular formula is C30H21Cl2N3O2. The van der Waals surface area contributed by atoms with Gasteiger partial charge in [0.15, 0.2) is 0 Å². The molecule has 5 nitrogen and oxygen atoms in total. The summed E-state index contributed by atoms with van der Waals surface area (Å²) in [6.45, 7) is 0.512. The summed E-state index contributed by atoms with van der Waals surface area (Å²) in [7, 11) is 0. The van der Waals surface area contributed by atoms with Crippen LogP contribution < -0.4 is 0 Å². The molecule has 0 saturated heterocycles. The van der Waals surface area contributed by atoms with E-state index in [-0.39, 0.29) is 5.56 Å². The van der Waals surface area contributed by atoms with Crippen LogP contribution in [0.2, 0.25) is 10.0 Å². The Hall–Kier alpha value is -4.19. The third-order valence-corrected chi connectivity index (χ3v) is 6.45. The molecule has 0 bridgehead atoms. The zero-order valence-corrected chi connectivity index (χ0v) is 21.1. The topological polar surface area (TPSA) is 68.0 Å². The minimum atomic E-state index is -0.952. The van der Waals surface area contributed by atoms with Crippen molar-refractivity contribution in [1.29, 1.82) is 0 Å². The van der Waals surface area contributed by atoms with E-state index in [1.165, 1.54) is 0 Å². The predicted octanol–water partition coefficient (Wildman–Crippen LogP) is 7.84. The van der Waals surface area contributed by atoms with Gasteiger partial charge >= 0.3 is 5.97 Å². The highest BCUT2D eigenvalue weighted by atomic mass is 35.5. The molecule has 5 rings (SSSR count). The van der Waals surface area contributed by atoms with Gasteiger partial charge in [0.1, 0.15) is 5.82 Å². The van der Waals surface area contributed by atoms with Crippen molar-refractivity contribution in [2.75, 3.05) is 0 Å². The normalized spacial score (nSPS) is 11.2. The van der Waals surface area contributed by atoms with Crippen LogP contribution in [0.5, 0.6) is 0 Å². The van der Waals surface area contributed by atoms with E-state index in [1.54, 1.807) is 30.5 Å². The number of carboxylic acid groups (broad SMARTS) is 1. The second-order valence-electron chi connectivity index (χ2n) is 8.44. The number of aromatic carboxylic acids is 1. The predicted molar refractivity (Wildman–Crippen MR) is 149 cm³/mol. The molecule has 0 amide bonds. The summed E-state index contributed by atoms with van der Waals surface area (Å²) in [5.41, 5.74) is 5.88. The first-order chi connectivity index (χ1) is 18.0. The SMILES string of the molecule is O=C(O)c1ccc(Cn2cc(-c3ccc(Cl)cc3Cl)nc2C=Cc2ccc(-c3cccnc3)cc2)cc1. The van der Waals surface area contributed by atoms with Crippen LogP contribution in [0.4, 0.5) is 0 Å². The number of nitrogens with zero attached hydrogens (tertiary/aromatic N) is 3. The molecule has 5 aromatic rings. The van der Waals surface area contributed by atoms with Crippen molar-refractivity contribution in [1.82, 2.24) is 14.5 Å². The molecule has 0 atom stereocenters.